The van der Waals surface area contributed by atoms with Crippen LogP contribution in [0.5, 0.6) is 0 Å². The molecule has 0 unspecified atom stereocenters. The Kier molecular flexibility index (Phi) is 5.28. The molecule has 1 fully saturated rings. The number of rotatable bonds is 6. The Labute approximate surface area is 149 Å². The number of amides is 1. The molecule has 9 heteroatoms. The average molecular weight is 357 g/mol. The van der Waals surface area contributed by atoms with Crippen LogP contribution in [0.4, 0.5) is 17.2 Å². The van der Waals surface area contributed by atoms with E-state index in [1.165, 1.54) is 0 Å². The Bertz CT molecular complexity index is 821. The summed E-state index contributed by atoms with van der Waals surface area (Å²) in [7, 11) is 0. The number of anilines is 2. The molecule has 3 N–H and O–H groups in total. The predicted octanol–water partition coefficient (Wildman–Crippen LogP) is 1.54. The van der Waals surface area contributed by atoms with Crippen molar-refractivity contribution in [1.29, 1.82) is 0 Å². The van der Waals surface area contributed by atoms with E-state index in [9.17, 15) is 14.9 Å². The normalized spacial score (nSPS) is 14.1. The molecule has 2 aromatic rings. The summed E-state index contributed by atoms with van der Waals surface area (Å²) in [5.41, 5.74) is 7.14. The molecule has 26 heavy (non-hydrogen) atoms. The number of hydrogen-bond acceptors (Lipinski definition) is 7. The third-order valence-electron chi connectivity index (χ3n) is 4.14. The van der Waals surface area contributed by atoms with Gasteiger partial charge in [-0.3, -0.25) is 14.9 Å². The molecular weight excluding hydrogens is 338 g/mol. The molecule has 1 aliphatic heterocycles. The fraction of sp³-hybridized carbons (Fsp3) is 0.294. The number of nitrogens with zero attached hydrogens (tertiary/aromatic N) is 3. The molecule has 136 valence electrons. The monoisotopic (exact) mass is 357 g/mol. The molecular formula is C17H19N5O4. The van der Waals surface area contributed by atoms with E-state index >= 15 is 0 Å². The summed E-state index contributed by atoms with van der Waals surface area (Å²) in [6.45, 7) is 3.37. The van der Waals surface area contributed by atoms with Gasteiger partial charge < -0.3 is 20.7 Å². The van der Waals surface area contributed by atoms with E-state index in [4.69, 9.17) is 10.5 Å². The summed E-state index contributed by atoms with van der Waals surface area (Å²) in [5, 5.41) is 13.9. The number of carbonyl (C=O) groups is 1. The predicted molar refractivity (Wildman–Crippen MR) is 96.2 cm³/mol. The highest BCUT2D eigenvalue weighted by molar-refractivity contribution is 5.98. The van der Waals surface area contributed by atoms with Gasteiger partial charge in [0.05, 0.1) is 23.7 Å². The summed E-state index contributed by atoms with van der Waals surface area (Å²) in [6, 6.07) is 9.03. The minimum Gasteiger partial charge on any atom is -0.378 e. The van der Waals surface area contributed by atoms with Crippen LogP contribution in [-0.4, -0.2) is 42.1 Å². The zero-order chi connectivity index (χ0) is 18.5. The number of benzene rings is 1. The molecule has 9 nitrogen and oxygen atoms in total. The van der Waals surface area contributed by atoms with Crippen LogP contribution in [0.3, 0.4) is 0 Å². The second-order valence-electron chi connectivity index (χ2n) is 5.79. The second kappa shape index (κ2) is 7.79. The van der Waals surface area contributed by atoms with Gasteiger partial charge in [0.15, 0.2) is 0 Å². The lowest BCUT2D eigenvalue weighted by Gasteiger charge is -2.30. The van der Waals surface area contributed by atoms with E-state index < -0.39 is 10.8 Å². The maximum absolute atomic E-state index is 11.6. The van der Waals surface area contributed by atoms with Crippen LogP contribution >= 0.6 is 0 Å². The average Bonchev–Trinajstić information content (AvgIpc) is 2.67. The summed E-state index contributed by atoms with van der Waals surface area (Å²) in [5.74, 6) is -0.551. The lowest BCUT2D eigenvalue weighted by molar-refractivity contribution is -0.385. The number of hydrogen-bond donors (Lipinski definition) is 2. The highest BCUT2D eigenvalue weighted by Crippen LogP contribution is 2.24. The summed E-state index contributed by atoms with van der Waals surface area (Å²) in [4.78, 5) is 28.1. The molecule has 0 saturated carbocycles. The van der Waals surface area contributed by atoms with Gasteiger partial charge in [0.1, 0.15) is 12.0 Å². The smallest absolute Gasteiger partial charge is 0.288 e. The number of nitrogens with one attached hydrogen (secondary N) is 1. The minimum absolute atomic E-state index is 0.0111. The molecule has 3 rings (SSSR count). The van der Waals surface area contributed by atoms with Crippen LogP contribution in [0.25, 0.3) is 0 Å². The third-order valence-corrected chi connectivity index (χ3v) is 4.14. The molecule has 1 saturated heterocycles. The molecule has 1 aromatic carbocycles. The van der Waals surface area contributed by atoms with Gasteiger partial charge in [-0.1, -0.05) is 18.2 Å². The Hall–Kier alpha value is -3.20. The first kappa shape index (κ1) is 17.6. The maximum atomic E-state index is 11.6. The number of morpholine rings is 1. The first-order valence-corrected chi connectivity index (χ1v) is 8.15. The van der Waals surface area contributed by atoms with Crippen molar-refractivity contribution in [2.24, 2.45) is 5.73 Å². The number of primary amides is 1. The number of nitrogens with two attached hydrogens (primary N) is 1. The molecule has 1 aromatic heterocycles. The van der Waals surface area contributed by atoms with Crippen LogP contribution in [0.2, 0.25) is 0 Å². The van der Waals surface area contributed by atoms with Crippen LogP contribution in [0.1, 0.15) is 15.9 Å². The molecule has 0 bridgehead atoms. The van der Waals surface area contributed by atoms with Gasteiger partial charge in [-0.15, -0.1) is 0 Å². The van der Waals surface area contributed by atoms with Crippen molar-refractivity contribution in [3.63, 3.8) is 0 Å². The molecule has 1 aliphatic rings. The Morgan fingerprint density at radius 2 is 2.08 bits per heavy atom. The Morgan fingerprint density at radius 1 is 1.35 bits per heavy atom. The topological polar surface area (TPSA) is 124 Å². The molecule has 1 amide bonds. The number of pyridine rings is 1. The fourth-order valence-electron chi connectivity index (χ4n) is 2.83. The SMILES string of the molecule is NC(=O)c1cc([N+](=O)[O-])cnc1NCc1ccccc1N1CCOCC1. The quantitative estimate of drug-likeness (QED) is 0.593. The fourth-order valence-corrected chi connectivity index (χ4v) is 2.83. The van der Waals surface area contributed by atoms with E-state index in [0.29, 0.717) is 19.8 Å². The van der Waals surface area contributed by atoms with Gasteiger partial charge in [-0.2, -0.15) is 0 Å². The van der Waals surface area contributed by atoms with Crippen molar-refractivity contribution in [2.75, 3.05) is 36.5 Å². The van der Waals surface area contributed by atoms with Gasteiger partial charge in [-0.05, 0) is 11.6 Å². The molecule has 0 atom stereocenters. The van der Waals surface area contributed by atoms with Gasteiger partial charge in [-0.25, -0.2) is 4.98 Å². The highest BCUT2D eigenvalue weighted by Gasteiger charge is 2.18. The zero-order valence-electron chi connectivity index (χ0n) is 14.1. The maximum Gasteiger partial charge on any atom is 0.288 e. The number of aromatic nitrogens is 1. The van der Waals surface area contributed by atoms with Gasteiger partial charge >= 0.3 is 0 Å². The molecule has 2 heterocycles. The third kappa shape index (κ3) is 3.89. The number of ether oxygens (including phenoxy) is 1. The Morgan fingerprint density at radius 3 is 2.77 bits per heavy atom. The van der Waals surface area contributed by atoms with Crippen molar-refractivity contribution in [3.05, 3.63) is 57.8 Å². The summed E-state index contributed by atoms with van der Waals surface area (Å²) >= 11 is 0. The standard InChI is InChI=1S/C17H19N5O4/c18-16(23)14-9-13(22(24)25)11-20-17(14)19-10-12-3-1-2-4-15(12)21-5-7-26-8-6-21/h1-4,9,11H,5-8,10H2,(H2,18,23)(H,19,20). The van der Waals surface area contributed by atoms with Crippen LogP contribution in [0.15, 0.2) is 36.5 Å². The van der Waals surface area contributed by atoms with Crippen molar-refractivity contribution in [3.8, 4) is 0 Å². The van der Waals surface area contributed by atoms with Crippen LogP contribution in [-0.2, 0) is 11.3 Å². The van der Waals surface area contributed by atoms with E-state index in [1.54, 1.807) is 0 Å². The van der Waals surface area contributed by atoms with Crippen molar-refractivity contribution >= 4 is 23.1 Å². The number of para-hydroxylation sites is 1. The summed E-state index contributed by atoms with van der Waals surface area (Å²) in [6.07, 6.45) is 1.10. The van der Waals surface area contributed by atoms with Gasteiger partial charge in [0.25, 0.3) is 11.6 Å². The zero-order valence-corrected chi connectivity index (χ0v) is 14.1. The molecule has 0 spiro atoms. The van der Waals surface area contributed by atoms with Crippen LogP contribution < -0.4 is 16.0 Å². The largest absolute Gasteiger partial charge is 0.378 e. The van der Waals surface area contributed by atoms with Crippen molar-refractivity contribution in [1.82, 2.24) is 4.98 Å². The highest BCUT2D eigenvalue weighted by atomic mass is 16.6. The second-order valence-corrected chi connectivity index (χ2v) is 5.79. The minimum atomic E-state index is -0.773. The van der Waals surface area contributed by atoms with E-state index in [0.717, 1.165) is 36.6 Å². The Balaban J connectivity index is 1.81. The van der Waals surface area contributed by atoms with Crippen molar-refractivity contribution in [2.45, 2.75) is 6.54 Å². The van der Waals surface area contributed by atoms with Gasteiger partial charge in [0.2, 0.25) is 0 Å². The van der Waals surface area contributed by atoms with Crippen LogP contribution in [0, 0.1) is 10.1 Å². The van der Waals surface area contributed by atoms with E-state index in [2.05, 4.69) is 15.2 Å². The van der Waals surface area contributed by atoms with Gasteiger partial charge in [0, 0.05) is 31.4 Å². The lowest BCUT2D eigenvalue weighted by atomic mass is 10.1. The first-order valence-electron chi connectivity index (χ1n) is 8.15. The van der Waals surface area contributed by atoms with E-state index in [-0.39, 0.29) is 17.1 Å². The number of nitro groups is 1. The number of carbonyl (C=O) groups excluding carboxylic acids is 1. The van der Waals surface area contributed by atoms with E-state index in [1.807, 2.05) is 24.3 Å². The lowest BCUT2D eigenvalue weighted by Crippen LogP contribution is -2.36. The summed E-state index contributed by atoms with van der Waals surface area (Å²) < 4.78 is 5.39. The molecule has 0 aliphatic carbocycles. The molecule has 0 radical (unpaired) electrons. The van der Waals surface area contributed by atoms with Crippen molar-refractivity contribution < 1.29 is 14.5 Å². The first-order chi connectivity index (χ1) is 12.6.